The topological polar surface area (TPSA) is 66.0 Å². The number of nitrogens with zero attached hydrogens (tertiary/aromatic N) is 1. The van der Waals surface area contributed by atoms with E-state index in [1.165, 1.54) is 0 Å². The monoisotopic (exact) mass is 286 g/mol. The van der Waals surface area contributed by atoms with Gasteiger partial charge in [0.15, 0.2) is 0 Å². The second-order valence-electron chi connectivity index (χ2n) is 6.46. The molecule has 3 rings (SSSR count). The molecule has 0 saturated heterocycles. The lowest BCUT2D eigenvalue weighted by Crippen LogP contribution is -2.37. The number of aromatic amines is 1. The van der Waals surface area contributed by atoms with E-state index >= 15 is 0 Å². The van der Waals surface area contributed by atoms with Crippen LogP contribution < -0.4 is 0 Å². The van der Waals surface area contributed by atoms with Crippen molar-refractivity contribution in [1.29, 1.82) is 0 Å². The lowest BCUT2D eigenvalue weighted by atomic mass is 9.69. The molecular formula is C17H22N2O2. The number of carboxylic acid groups (broad SMARTS) is 1. The minimum Gasteiger partial charge on any atom is -0.481 e. The Bertz CT molecular complexity index is 666. The summed E-state index contributed by atoms with van der Waals surface area (Å²) in [6, 6.07) is 5.90. The second-order valence-corrected chi connectivity index (χ2v) is 6.46. The predicted octanol–water partition coefficient (Wildman–Crippen LogP) is 3.97. The van der Waals surface area contributed by atoms with Gasteiger partial charge in [0.1, 0.15) is 5.82 Å². The van der Waals surface area contributed by atoms with Crippen LogP contribution in [0.5, 0.6) is 0 Å². The van der Waals surface area contributed by atoms with Crippen molar-refractivity contribution in [3.63, 3.8) is 0 Å². The average molecular weight is 286 g/mol. The van der Waals surface area contributed by atoms with Crippen LogP contribution >= 0.6 is 0 Å². The van der Waals surface area contributed by atoms with Crippen molar-refractivity contribution in [3.8, 4) is 0 Å². The van der Waals surface area contributed by atoms with Crippen LogP contribution in [-0.4, -0.2) is 21.0 Å². The number of aliphatic carboxylic acids is 1. The van der Waals surface area contributed by atoms with E-state index in [4.69, 9.17) is 0 Å². The first kappa shape index (κ1) is 14.1. The van der Waals surface area contributed by atoms with Crippen LogP contribution in [0.3, 0.4) is 0 Å². The zero-order valence-corrected chi connectivity index (χ0v) is 12.6. The van der Waals surface area contributed by atoms with Gasteiger partial charge in [0.25, 0.3) is 0 Å². The molecule has 0 aliphatic heterocycles. The molecule has 1 aromatic carbocycles. The predicted molar refractivity (Wildman–Crippen MR) is 82.6 cm³/mol. The van der Waals surface area contributed by atoms with E-state index in [1.807, 2.05) is 18.2 Å². The highest BCUT2D eigenvalue weighted by Crippen LogP contribution is 2.40. The summed E-state index contributed by atoms with van der Waals surface area (Å²) in [5, 5.41) is 9.78. The molecule has 1 saturated carbocycles. The van der Waals surface area contributed by atoms with Crippen molar-refractivity contribution in [1.82, 2.24) is 9.97 Å². The van der Waals surface area contributed by atoms with Gasteiger partial charge in [-0.25, -0.2) is 4.98 Å². The van der Waals surface area contributed by atoms with Crippen molar-refractivity contribution in [2.45, 2.75) is 57.3 Å². The molecule has 2 aromatic rings. The normalized spacial score (nSPS) is 18.2. The maximum Gasteiger partial charge on any atom is 0.314 e. The van der Waals surface area contributed by atoms with Gasteiger partial charge < -0.3 is 10.1 Å². The summed E-state index contributed by atoms with van der Waals surface area (Å²) in [5.41, 5.74) is 2.07. The fourth-order valence-electron chi connectivity index (χ4n) is 3.38. The van der Waals surface area contributed by atoms with E-state index in [-0.39, 0.29) is 0 Å². The molecule has 1 fully saturated rings. The lowest BCUT2D eigenvalue weighted by molar-refractivity contribution is -0.145. The third kappa shape index (κ3) is 2.33. The number of aromatic nitrogens is 2. The Morgan fingerprint density at radius 1 is 1.29 bits per heavy atom. The average Bonchev–Trinajstić information content (AvgIpc) is 2.91. The minimum atomic E-state index is -0.713. The summed E-state index contributed by atoms with van der Waals surface area (Å²) in [6.45, 7) is 4.19. The van der Waals surface area contributed by atoms with Gasteiger partial charge >= 0.3 is 5.97 Å². The van der Waals surface area contributed by atoms with Crippen molar-refractivity contribution in [2.24, 2.45) is 0 Å². The van der Waals surface area contributed by atoms with Crippen LogP contribution in [0, 0.1) is 0 Å². The number of H-pyrrole nitrogens is 1. The largest absolute Gasteiger partial charge is 0.481 e. The first-order valence-corrected chi connectivity index (χ1v) is 7.76. The Morgan fingerprint density at radius 2 is 2.00 bits per heavy atom. The summed E-state index contributed by atoms with van der Waals surface area (Å²) in [4.78, 5) is 19.8. The number of benzene rings is 1. The van der Waals surface area contributed by atoms with Gasteiger partial charge in [-0.05, 0) is 30.5 Å². The quantitative estimate of drug-likeness (QED) is 0.897. The Kier molecular flexibility index (Phi) is 3.47. The Labute approximate surface area is 124 Å². The molecule has 4 nitrogen and oxygen atoms in total. The van der Waals surface area contributed by atoms with E-state index in [9.17, 15) is 9.90 Å². The molecule has 1 aliphatic rings. The van der Waals surface area contributed by atoms with Crippen molar-refractivity contribution in [3.05, 3.63) is 29.6 Å². The molecule has 112 valence electrons. The highest BCUT2D eigenvalue weighted by Gasteiger charge is 2.41. The lowest BCUT2D eigenvalue weighted by Gasteiger charge is -2.33. The third-order valence-electron chi connectivity index (χ3n) is 4.72. The van der Waals surface area contributed by atoms with Crippen molar-refractivity contribution in [2.75, 3.05) is 0 Å². The standard InChI is InChI=1S/C17H22N2O2/c1-11(2)15-18-13-7-6-12(10-14(13)19-15)17(16(20)21)8-4-3-5-9-17/h6-7,10-11H,3-5,8-9H2,1-2H3,(H,18,19)(H,20,21). The zero-order chi connectivity index (χ0) is 15.0. The molecular weight excluding hydrogens is 264 g/mol. The van der Waals surface area contributed by atoms with Crippen molar-refractivity contribution >= 4 is 17.0 Å². The smallest absolute Gasteiger partial charge is 0.314 e. The molecule has 0 bridgehead atoms. The third-order valence-corrected chi connectivity index (χ3v) is 4.72. The number of imidazole rings is 1. The van der Waals surface area contributed by atoms with Crippen LogP contribution in [0.2, 0.25) is 0 Å². The van der Waals surface area contributed by atoms with Gasteiger partial charge in [0.2, 0.25) is 0 Å². The molecule has 1 aromatic heterocycles. The van der Waals surface area contributed by atoms with E-state index in [2.05, 4.69) is 23.8 Å². The Hall–Kier alpha value is -1.84. The molecule has 0 atom stereocenters. The first-order chi connectivity index (χ1) is 10.0. The van der Waals surface area contributed by atoms with Gasteiger partial charge in [0, 0.05) is 5.92 Å². The van der Waals surface area contributed by atoms with E-state index < -0.39 is 11.4 Å². The number of carbonyl (C=O) groups is 1. The van der Waals surface area contributed by atoms with E-state index in [1.54, 1.807) is 0 Å². The highest BCUT2D eigenvalue weighted by atomic mass is 16.4. The fourth-order valence-corrected chi connectivity index (χ4v) is 3.38. The van der Waals surface area contributed by atoms with Crippen molar-refractivity contribution < 1.29 is 9.90 Å². The summed E-state index contributed by atoms with van der Waals surface area (Å²) < 4.78 is 0. The molecule has 1 heterocycles. The Morgan fingerprint density at radius 3 is 2.62 bits per heavy atom. The molecule has 1 aliphatic carbocycles. The molecule has 2 N–H and O–H groups in total. The van der Waals surface area contributed by atoms with Gasteiger partial charge in [-0.1, -0.05) is 39.2 Å². The van der Waals surface area contributed by atoms with E-state index in [0.717, 1.165) is 54.5 Å². The second kappa shape index (κ2) is 5.17. The fraction of sp³-hybridized carbons (Fsp3) is 0.529. The number of nitrogens with one attached hydrogen (secondary N) is 1. The van der Waals surface area contributed by atoms with Crippen LogP contribution in [0.4, 0.5) is 0 Å². The minimum absolute atomic E-state index is 0.337. The first-order valence-electron chi connectivity index (χ1n) is 7.76. The molecule has 21 heavy (non-hydrogen) atoms. The zero-order valence-electron chi connectivity index (χ0n) is 12.6. The molecule has 4 heteroatoms. The molecule has 0 radical (unpaired) electrons. The van der Waals surface area contributed by atoms with Gasteiger partial charge in [0.05, 0.1) is 16.4 Å². The summed E-state index contributed by atoms with van der Waals surface area (Å²) >= 11 is 0. The van der Waals surface area contributed by atoms with Gasteiger partial charge in [-0.3, -0.25) is 4.79 Å². The SMILES string of the molecule is CC(C)c1nc2ccc(C3(C(=O)O)CCCCC3)cc2[nH]1. The summed E-state index contributed by atoms with van der Waals surface area (Å²) in [5.74, 6) is 0.601. The van der Waals surface area contributed by atoms with Crippen LogP contribution in [0.25, 0.3) is 11.0 Å². The highest BCUT2D eigenvalue weighted by molar-refractivity contribution is 5.84. The van der Waals surface area contributed by atoms with Crippen LogP contribution in [-0.2, 0) is 10.2 Å². The van der Waals surface area contributed by atoms with Crippen LogP contribution in [0.15, 0.2) is 18.2 Å². The van der Waals surface area contributed by atoms with Crippen LogP contribution in [0.1, 0.15) is 63.3 Å². The molecule has 0 unspecified atom stereocenters. The summed E-state index contributed by atoms with van der Waals surface area (Å²) in [7, 11) is 0. The molecule has 0 amide bonds. The number of fused-ring (bicyclic) bond motifs is 1. The number of carboxylic acids is 1. The van der Waals surface area contributed by atoms with Gasteiger partial charge in [-0.15, -0.1) is 0 Å². The van der Waals surface area contributed by atoms with E-state index in [0.29, 0.717) is 5.92 Å². The molecule has 0 spiro atoms. The summed E-state index contributed by atoms with van der Waals surface area (Å²) in [6.07, 6.45) is 4.59. The number of rotatable bonds is 3. The number of hydrogen-bond donors (Lipinski definition) is 2. The Balaban J connectivity index is 2.08. The maximum absolute atomic E-state index is 11.9. The van der Waals surface area contributed by atoms with Gasteiger partial charge in [-0.2, -0.15) is 0 Å². The number of hydrogen-bond acceptors (Lipinski definition) is 2. The maximum atomic E-state index is 11.9.